The van der Waals surface area contributed by atoms with Gasteiger partial charge in [0.2, 0.25) is 5.78 Å². The van der Waals surface area contributed by atoms with E-state index in [4.69, 9.17) is 4.74 Å². The summed E-state index contributed by atoms with van der Waals surface area (Å²) in [5.41, 5.74) is 0.0112. The van der Waals surface area contributed by atoms with Crippen LogP contribution in [0.2, 0.25) is 0 Å². The number of aromatic nitrogens is 2. The third-order valence-corrected chi connectivity index (χ3v) is 2.22. The maximum Gasteiger partial charge on any atom is 0.218 e. The quantitative estimate of drug-likeness (QED) is 0.758. The molecule has 0 aromatic carbocycles. The van der Waals surface area contributed by atoms with Gasteiger partial charge in [0.25, 0.3) is 0 Å². The number of rotatable bonds is 3. The van der Waals surface area contributed by atoms with Gasteiger partial charge in [-0.05, 0) is 18.2 Å². The molecule has 86 valence electrons. The molecular formula is C12H9FN2O2. The van der Waals surface area contributed by atoms with E-state index in [0.29, 0.717) is 5.75 Å². The fraction of sp³-hybridized carbons (Fsp3) is 0.0833. The predicted molar refractivity (Wildman–Crippen MR) is 58.4 cm³/mol. The number of carbonyl (C=O) groups excluding carboxylic acids is 1. The van der Waals surface area contributed by atoms with Crippen molar-refractivity contribution in [1.82, 2.24) is 9.97 Å². The van der Waals surface area contributed by atoms with Crippen molar-refractivity contribution in [1.29, 1.82) is 0 Å². The minimum Gasteiger partial charge on any atom is -0.494 e. The number of nitrogens with zero attached hydrogens (tertiary/aromatic N) is 2. The van der Waals surface area contributed by atoms with Gasteiger partial charge in [-0.1, -0.05) is 0 Å². The maximum absolute atomic E-state index is 13.4. The van der Waals surface area contributed by atoms with Crippen molar-refractivity contribution in [2.24, 2.45) is 0 Å². The van der Waals surface area contributed by atoms with Crippen molar-refractivity contribution in [2.45, 2.75) is 0 Å². The van der Waals surface area contributed by atoms with E-state index < -0.39 is 11.6 Å². The average molecular weight is 232 g/mol. The minimum absolute atomic E-state index is 0.0722. The zero-order valence-corrected chi connectivity index (χ0v) is 9.05. The van der Waals surface area contributed by atoms with E-state index in [1.165, 1.54) is 25.6 Å². The molecule has 0 aliphatic heterocycles. The van der Waals surface area contributed by atoms with Gasteiger partial charge < -0.3 is 4.74 Å². The summed E-state index contributed by atoms with van der Waals surface area (Å²) >= 11 is 0. The summed E-state index contributed by atoms with van der Waals surface area (Å²) < 4.78 is 18.4. The second-order valence-electron chi connectivity index (χ2n) is 3.24. The lowest BCUT2D eigenvalue weighted by Gasteiger charge is -2.06. The van der Waals surface area contributed by atoms with Crippen molar-refractivity contribution >= 4 is 5.78 Å². The zero-order valence-electron chi connectivity index (χ0n) is 9.05. The Hall–Kier alpha value is -2.30. The Morgan fingerprint density at radius 3 is 2.88 bits per heavy atom. The van der Waals surface area contributed by atoms with Gasteiger partial charge in [0.1, 0.15) is 5.75 Å². The van der Waals surface area contributed by atoms with E-state index in [0.717, 1.165) is 6.20 Å². The standard InChI is InChI=1S/C12H9FN2O2/c1-17-10-3-2-5-15-11(10)12(16)8-4-6-14-7-9(8)13/h2-7H,1H3. The topological polar surface area (TPSA) is 52.1 Å². The molecule has 5 heteroatoms. The third kappa shape index (κ3) is 2.13. The average Bonchev–Trinajstić information content (AvgIpc) is 2.38. The molecule has 0 amide bonds. The van der Waals surface area contributed by atoms with Crippen molar-refractivity contribution in [3.63, 3.8) is 0 Å². The zero-order chi connectivity index (χ0) is 12.3. The molecule has 0 saturated heterocycles. The van der Waals surface area contributed by atoms with E-state index in [1.807, 2.05) is 0 Å². The molecule has 0 saturated carbocycles. The number of carbonyl (C=O) groups is 1. The molecule has 17 heavy (non-hydrogen) atoms. The van der Waals surface area contributed by atoms with E-state index >= 15 is 0 Å². The molecule has 2 aromatic heterocycles. The van der Waals surface area contributed by atoms with Gasteiger partial charge in [0.15, 0.2) is 11.5 Å². The van der Waals surface area contributed by atoms with Gasteiger partial charge in [-0.15, -0.1) is 0 Å². The Morgan fingerprint density at radius 2 is 2.18 bits per heavy atom. The number of methoxy groups -OCH3 is 1. The van der Waals surface area contributed by atoms with Crippen LogP contribution in [0, 0.1) is 5.82 Å². The Labute approximate surface area is 97.1 Å². The van der Waals surface area contributed by atoms with Crippen molar-refractivity contribution < 1.29 is 13.9 Å². The summed E-state index contributed by atoms with van der Waals surface area (Å²) in [6.07, 6.45) is 3.79. The van der Waals surface area contributed by atoms with Gasteiger partial charge >= 0.3 is 0 Å². The van der Waals surface area contributed by atoms with E-state index in [1.54, 1.807) is 12.1 Å². The lowest BCUT2D eigenvalue weighted by Crippen LogP contribution is -2.08. The fourth-order valence-electron chi connectivity index (χ4n) is 1.41. The lowest BCUT2D eigenvalue weighted by molar-refractivity contribution is 0.102. The molecule has 0 unspecified atom stereocenters. The first-order valence-corrected chi connectivity index (χ1v) is 4.87. The molecule has 2 rings (SSSR count). The van der Waals surface area contributed by atoms with Gasteiger partial charge in [-0.3, -0.25) is 9.78 Å². The summed E-state index contributed by atoms with van der Waals surface area (Å²) in [7, 11) is 1.43. The van der Waals surface area contributed by atoms with Crippen LogP contribution in [0.4, 0.5) is 4.39 Å². The number of ether oxygens (including phenoxy) is 1. The number of ketones is 1. The molecule has 0 atom stereocenters. The highest BCUT2D eigenvalue weighted by molar-refractivity contribution is 6.09. The Kier molecular flexibility index (Phi) is 3.09. The second-order valence-corrected chi connectivity index (χ2v) is 3.24. The Balaban J connectivity index is 2.48. The molecule has 0 bridgehead atoms. The summed E-state index contributed by atoms with van der Waals surface area (Å²) in [5.74, 6) is -0.888. The van der Waals surface area contributed by atoms with Crippen molar-refractivity contribution in [2.75, 3.05) is 7.11 Å². The van der Waals surface area contributed by atoms with Crippen LogP contribution in [0.3, 0.4) is 0 Å². The molecule has 0 fully saturated rings. The predicted octanol–water partition coefficient (Wildman–Crippen LogP) is 1.86. The maximum atomic E-state index is 13.4. The molecule has 0 N–H and O–H groups in total. The van der Waals surface area contributed by atoms with Crippen LogP contribution in [0.25, 0.3) is 0 Å². The van der Waals surface area contributed by atoms with Crippen molar-refractivity contribution in [3.8, 4) is 5.75 Å². The number of halogens is 1. The van der Waals surface area contributed by atoms with E-state index in [-0.39, 0.29) is 11.3 Å². The second kappa shape index (κ2) is 4.69. The van der Waals surface area contributed by atoms with Gasteiger partial charge in [0.05, 0.1) is 18.9 Å². The molecule has 0 aliphatic carbocycles. The Bertz CT molecular complexity index is 558. The SMILES string of the molecule is COc1cccnc1C(=O)c1ccncc1F. The molecule has 2 heterocycles. The van der Waals surface area contributed by atoms with E-state index in [2.05, 4.69) is 9.97 Å². The van der Waals surface area contributed by atoms with E-state index in [9.17, 15) is 9.18 Å². The first-order valence-electron chi connectivity index (χ1n) is 4.87. The molecular weight excluding hydrogens is 223 g/mol. The third-order valence-electron chi connectivity index (χ3n) is 2.22. The highest BCUT2D eigenvalue weighted by Crippen LogP contribution is 2.19. The Morgan fingerprint density at radius 1 is 1.35 bits per heavy atom. The molecule has 4 nitrogen and oxygen atoms in total. The van der Waals surface area contributed by atoms with Crippen LogP contribution in [0.1, 0.15) is 16.1 Å². The van der Waals surface area contributed by atoms with Crippen molar-refractivity contribution in [3.05, 3.63) is 53.9 Å². The van der Waals surface area contributed by atoms with Gasteiger partial charge in [-0.25, -0.2) is 9.37 Å². The summed E-state index contributed by atoms with van der Waals surface area (Å²) in [4.78, 5) is 19.5. The lowest BCUT2D eigenvalue weighted by atomic mass is 10.1. The van der Waals surface area contributed by atoms with Gasteiger partial charge in [-0.2, -0.15) is 0 Å². The molecule has 0 spiro atoms. The van der Waals surface area contributed by atoms with Crippen LogP contribution in [0.15, 0.2) is 36.8 Å². The van der Waals surface area contributed by atoms with Gasteiger partial charge in [0, 0.05) is 12.4 Å². The smallest absolute Gasteiger partial charge is 0.218 e. The number of hydrogen-bond donors (Lipinski definition) is 0. The minimum atomic E-state index is -0.676. The number of pyridine rings is 2. The van der Waals surface area contributed by atoms with Crippen LogP contribution < -0.4 is 4.74 Å². The molecule has 2 aromatic rings. The summed E-state index contributed by atoms with van der Waals surface area (Å²) in [6, 6.07) is 4.55. The normalized spacial score (nSPS) is 10.0. The highest BCUT2D eigenvalue weighted by Gasteiger charge is 2.18. The van der Waals surface area contributed by atoms with Crippen LogP contribution in [-0.2, 0) is 0 Å². The summed E-state index contributed by atoms with van der Waals surface area (Å²) in [5, 5.41) is 0. The van der Waals surface area contributed by atoms with Crippen LogP contribution in [-0.4, -0.2) is 22.9 Å². The monoisotopic (exact) mass is 232 g/mol. The van der Waals surface area contributed by atoms with Crippen LogP contribution in [0.5, 0.6) is 5.75 Å². The largest absolute Gasteiger partial charge is 0.494 e. The summed E-state index contributed by atoms with van der Waals surface area (Å²) in [6.45, 7) is 0. The molecule has 0 aliphatic rings. The highest BCUT2D eigenvalue weighted by atomic mass is 19.1. The molecule has 0 radical (unpaired) electrons. The number of hydrogen-bond acceptors (Lipinski definition) is 4. The first kappa shape index (κ1) is 11.2. The fourth-order valence-corrected chi connectivity index (χ4v) is 1.41. The van der Waals surface area contributed by atoms with Crippen LogP contribution >= 0.6 is 0 Å². The first-order chi connectivity index (χ1) is 8.24.